The molecule has 0 radical (unpaired) electrons. The summed E-state index contributed by atoms with van der Waals surface area (Å²) in [5.41, 5.74) is 1.04. The Balaban J connectivity index is 0.000000291. The molecule has 0 aliphatic rings. The average Bonchev–Trinajstić information content (AvgIpc) is 2.20. The zero-order valence-electron chi connectivity index (χ0n) is 6.01. The highest BCUT2D eigenvalue weighted by atomic mass is 32.1. The summed E-state index contributed by atoms with van der Waals surface area (Å²) < 4.78 is 4.02. The minimum absolute atomic E-state index is 1.04. The Morgan fingerprint density at radius 3 is 2.22 bits per heavy atom. The van der Waals surface area contributed by atoms with Crippen LogP contribution in [-0.4, -0.2) is 4.37 Å². The summed E-state index contributed by atoms with van der Waals surface area (Å²) in [5.74, 6) is 0. The van der Waals surface area contributed by atoms with Crippen molar-refractivity contribution in [3.05, 3.63) is 10.9 Å². The molecule has 0 fully saturated rings. The molecule has 1 nitrogen and oxygen atoms in total. The van der Waals surface area contributed by atoms with Crippen LogP contribution in [0.25, 0.3) is 0 Å². The van der Waals surface area contributed by atoms with Crippen molar-refractivity contribution in [2.75, 3.05) is 0 Å². The van der Waals surface area contributed by atoms with Crippen molar-refractivity contribution in [2.24, 2.45) is 0 Å². The van der Waals surface area contributed by atoms with E-state index >= 15 is 0 Å². The Kier molecular flexibility index (Phi) is 4.93. The van der Waals surface area contributed by atoms with Crippen LogP contribution in [0.5, 0.6) is 0 Å². The third-order valence-corrected chi connectivity index (χ3v) is 1.84. The van der Waals surface area contributed by atoms with Crippen LogP contribution in [0.15, 0.2) is 6.07 Å². The van der Waals surface area contributed by atoms with Gasteiger partial charge in [0, 0.05) is 4.88 Å². The maximum absolute atomic E-state index is 4.02. The van der Waals surface area contributed by atoms with Crippen LogP contribution in [0.4, 0.5) is 0 Å². The molecule has 1 aromatic heterocycles. The van der Waals surface area contributed by atoms with Gasteiger partial charge < -0.3 is 0 Å². The monoisotopic (exact) mass is 161 g/mol. The fourth-order valence-electron chi connectivity index (χ4n) is 0.386. The van der Waals surface area contributed by atoms with Gasteiger partial charge in [0.25, 0.3) is 0 Å². The zero-order chi connectivity index (χ0) is 7.28. The van der Waals surface area contributed by atoms with Crippen LogP contribution in [0.3, 0.4) is 0 Å². The van der Waals surface area contributed by atoms with Crippen LogP contribution in [0, 0.1) is 6.92 Å². The Labute approximate surface area is 62.9 Å². The maximum atomic E-state index is 4.02. The molecule has 0 spiro atoms. The lowest BCUT2D eigenvalue weighted by atomic mass is 10.6. The molecule has 0 aliphatic carbocycles. The third-order valence-electron chi connectivity index (χ3n) is 0.646. The lowest BCUT2D eigenvalue weighted by Crippen LogP contribution is -1.83. The summed E-state index contributed by atoms with van der Waals surface area (Å²) in [6.07, 6.45) is 0. The van der Waals surface area contributed by atoms with Crippen LogP contribution in [0.1, 0.15) is 18.7 Å². The second-order valence-corrected chi connectivity index (χ2v) is 2.96. The van der Waals surface area contributed by atoms with Crippen molar-refractivity contribution < 1.29 is 0 Å². The molecule has 0 bridgehead atoms. The minimum Gasteiger partial charge on any atom is -0.193 e. The number of hydrogen-bond acceptors (Lipinski definition) is 2. The summed E-state index contributed by atoms with van der Waals surface area (Å²) in [6, 6.07) is 2.04. The topological polar surface area (TPSA) is 12.9 Å². The van der Waals surface area contributed by atoms with Crippen LogP contribution in [-0.2, 0) is 0 Å². The van der Waals surface area contributed by atoms with E-state index in [1.54, 1.807) is 0 Å². The van der Waals surface area contributed by atoms with Crippen molar-refractivity contribution in [1.82, 2.24) is 4.37 Å². The first kappa shape index (κ1) is 9.06. The van der Waals surface area contributed by atoms with Gasteiger partial charge in [0.15, 0.2) is 0 Å². The van der Waals surface area contributed by atoms with Crippen molar-refractivity contribution in [2.45, 2.75) is 20.8 Å². The Morgan fingerprint density at radius 2 is 2.11 bits per heavy atom. The SMILES string of the molecule is CC.Cc1cc(P)ns1. The molecule has 1 aromatic rings. The van der Waals surface area contributed by atoms with E-state index in [1.165, 1.54) is 16.4 Å². The number of aryl methyl sites for hydroxylation is 1. The Bertz CT molecular complexity index is 145. The maximum Gasteiger partial charge on any atom is 0.0709 e. The summed E-state index contributed by atoms with van der Waals surface area (Å²) >= 11 is 1.53. The summed E-state index contributed by atoms with van der Waals surface area (Å²) in [6.45, 7) is 6.05. The molecular weight excluding hydrogens is 149 g/mol. The second-order valence-electron chi connectivity index (χ2n) is 1.36. The lowest BCUT2D eigenvalue weighted by molar-refractivity contribution is 1.50. The van der Waals surface area contributed by atoms with Gasteiger partial charge in [-0.1, -0.05) is 23.1 Å². The standard InChI is InChI=1S/C4H6NPS.C2H6/c1-3-2-4(6)5-7-3;1-2/h2H,6H2,1H3;1-2H3. The van der Waals surface area contributed by atoms with Gasteiger partial charge in [-0.25, -0.2) is 0 Å². The first-order valence-electron chi connectivity index (χ1n) is 2.98. The molecule has 1 unspecified atom stereocenters. The molecule has 1 heterocycles. The van der Waals surface area contributed by atoms with Crippen molar-refractivity contribution >= 4 is 26.2 Å². The average molecular weight is 161 g/mol. The van der Waals surface area contributed by atoms with Gasteiger partial charge in [-0.3, -0.25) is 0 Å². The number of aromatic nitrogens is 1. The van der Waals surface area contributed by atoms with Gasteiger partial charge in [-0.2, -0.15) is 4.37 Å². The first-order chi connectivity index (χ1) is 4.29. The van der Waals surface area contributed by atoms with E-state index in [4.69, 9.17) is 0 Å². The van der Waals surface area contributed by atoms with E-state index in [-0.39, 0.29) is 0 Å². The van der Waals surface area contributed by atoms with E-state index in [1.807, 2.05) is 26.8 Å². The van der Waals surface area contributed by atoms with E-state index < -0.39 is 0 Å². The molecule has 9 heavy (non-hydrogen) atoms. The van der Waals surface area contributed by atoms with Crippen molar-refractivity contribution in [3.8, 4) is 0 Å². The second kappa shape index (κ2) is 4.89. The fraction of sp³-hybridized carbons (Fsp3) is 0.500. The quantitative estimate of drug-likeness (QED) is 0.530. The van der Waals surface area contributed by atoms with Gasteiger partial charge in [0.2, 0.25) is 0 Å². The number of rotatable bonds is 0. The Hall–Kier alpha value is 0.0600. The summed E-state index contributed by atoms with van der Waals surface area (Å²) in [5, 5.41) is 0. The summed E-state index contributed by atoms with van der Waals surface area (Å²) in [7, 11) is 2.55. The van der Waals surface area contributed by atoms with E-state index in [9.17, 15) is 0 Å². The molecule has 0 aromatic carbocycles. The van der Waals surface area contributed by atoms with E-state index in [0.29, 0.717) is 0 Å². The minimum atomic E-state index is 1.04. The van der Waals surface area contributed by atoms with Gasteiger partial charge in [0.05, 0.1) is 5.44 Å². The summed E-state index contributed by atoms with van der Waals surface area (Å²) in [4.78, 5) is 1.27. The van der Waals surface area contributed by atoms with Crippen molar-refractivity contribution in [1.29, 1.82) is 0 Å². The van der Waals surface area contributed by atoms with Crippen LogP contribution < -0.4 is 5.44 Å². The molecule has 1 atom stereocenters. The molecule has 0 saturated heterocycles. The van der Waals surface area contributed by atoms with Crippen LogP contribution in [0.2, 0.25) is 0 Å². The fourth-order valence-corrected chi connectivity index (χ4v) is 1.39. The van der Waals surface area contributed by atoms with Crippen LogP contribution >= 0.6 is 20.8 Å². The highest BCUT2D eigenvalue weighted by Crippen LogP contribution is 2.00. The van der Waals surface area contributed by atoms with E-state index in [0.717, 1.165) is 5.44 Å². The molecule has 0 amide bonds. The molecule has 1 rings (SSSR count). The highest BCUT2D eigenvalue weighted by molar-refractivity contribution is 7.28. The molecule has 0 aliphatic heterocycles. The predicted molar refractivity (Wildman–Crippen MR) is 47.5 cm³/mol. The van der Waals surface area contributed by atoms with Gasteiger partial charge in [-0.15, -0.1) is 0 Å². The van der Waals surface area contributed by atoms with Gasteiger partial charge in [-0.05, 0) is 24.5 Å². The largest absolute Gasteiger partial charge is 0.193 e. The zero-order valence-corrected chi connectivity index (χ0v) is 7.98. The number of hydrogen-bond donors (Lipinski definition) is 0. The first-order valence-corrected chi connectivity index (χ1v) is 4.33. The molecule has 0 N–H and O–H groups in total. The normalized spacial score (nSPS) is 8.00. The lowest BCUT2D eigenvalue weighted by Gasteiger charge is -1.67. The third kappa shape index (κ3) is 3.61. The van der Waals surface area contributed by atoms with E-state index in [2.05, 4.69) is 13.6 Å². The molecule has 52 valence electrons. The smallest absolute Gasteiger partial charge is 0.0709 e. The molecule has 3 heteroatoms. The Morgan fingerprint density at radius 1 is 1.56 bits per heavy atom. The van der Waals surface area contributed by atoms with Gasteiger partial charge >= 0.3 is 0 Å². The van der Waals surface area contributed by atoms with Crippen molar-refractivity contribution in [3.63, 3.8) is 0 Å². The highest BCUT2D eigenvalue weighted by Gasteiger charge is 1.86. The van der Waals surface area contributed by atoms with Gasteiger partial charge in [0.1, 0.15) is 0 Å². The number of nitrogens with zero attached hydrogens (tertiary/aromatic N) is 1. The molecular formula is C6H12NPS. The molecule has 0 saturated carbocycles. The predicted octanol–water partition coefficient (Wildman–Crippen LogP) is 1.98.